The molecule has 2 rings (SSSR count). The highest BCUT2D eigenvalue weighted by Crippen LogP contribution is 2.30. The molecule has 0 saturated heterocycles. The van der Waals surface area contributed by atoms with Crippen molar-refractivity contribution in [1.82, 2.24) is 10.2 Å². The Balaban J connectivity index is 0.00000200. The number of halogens is 1. The standard InChI is InChI=1S/C15H22N2O2.ClH/c1-16-10-9-15(18)17(13-7-8-13)11-12-5-3-4-6-14(12)19-2;/h3-6,13,16H,7-11H2,1-2H3;1H. The minimum absolute atomic E-state index is 0. The molecule has 1 amide bonds. The van der Waals surface area contributed by atoms with E-state index in [-0.39, 0.29) is 18.3 Å². The number of benzene rings is 1. The largest absolute Gasteiger partial charge is 0.496 e. The van der Waals surface area contributed by atoms with Crippen molar-refractivity contribution in [2.45, 2.75) is 31.8 Å². The summed E-state index contributed by atoms with van der Waals surface area (Å²) in [5.41, 5.74) is 1.08. The molecule has 1 aliphatic rings. The normalized spacial score (nSPS) is 13.5. The molecule has 0 spiro atoms. The van der Waals surface area contributed by atoms with Crippen LogP contribution in [0, 0.1) is 0 Å². The quantitative estimate of drug-likeness (QED) is 0.839. The summed E-state index contributed by atoms with van der Waals surface area (Å²) in [7, 11) is 3.54. The molecule has 1 N–H and O–H groups in total. The van der Waals surface area contributed by atoms with E-state index < -0.39 is 0 Å². The van der Waals surface area contributed by atoms with Crippen molar-refractivity contribution in [3.05, 3.63) is 29.8 Å². The van der Waals surface area contributed by atoms with Gasteiger partial charge >= 0.3 is 0 Å². The van der Waals surface area contributed by atoms with Crippen molar-refractivity contribution in [1.29, 1.82) is 0 Å². The van der Waals surface area contributed by atoms with E-state index in [0.717, 1.165) is 30.7 Å². The maximum Gasteiger partial charge on any atom is 0.224 e. The van der Waals surface area contributed by atoms with E-state index in [4.69, 9.17) is 4.74 Å². The highest BCUT2D eigenvalue weighted by molar-refractivity contribution is 5.85. The van der Waals surface area contributed by atoms with Gasteiger partial charge in [0.2, 0.25) is 5.91 Å². The van der Waals surface area contributed by atoms with E-state index in [0.29, 0.717) is 19.0 Å². The van der Waals surface area contributed by atoms with E-state index in [1.54, 1.807) is 7.11 Å². The van der Waals surface area contributed by atoms with Crippen LogP contribution in [0.5, 0.6) is 5.75 Å². The van der Waals surface area contributed by atoms with Crippen molar-refractivity contribution in [3.8, 4) is 5.75 Å². The molecule has 20 heavy (non-hydrogen) atoms. The number of nitrogens with one attached hydrogen (secondary N) is 1. The average Bonchev–Trinajstić information content (AvgIpc) is 3.27. The van der Waals surface area contributed by atoms with Gasteiger partial charge in [-0.15, -0.1) is 12.4 Å². The molecular weight excluding hydrogens is 276 g/mol. The number of carbonyl (C=O) groups is 1. The molecule has 0 aromatic heterocycles. The van der Waals surface area contributed by atoms with Gasteiger partial charge in [0.05, 0.1) is 7.11 Å². The summed E-state index contributed by atoms with van der Waals surface area (Å²) in [6.07, 6.45) is 2.81. The summed E-state index contributed by atoms with van der Waals surface area (Å²) in [6, 6.07) is 8.33. The van der Waals surface area contributed by atoms with Gasteiger partial charge in [-0.3, -0.25) is 4.79 Å². The molecule has 5 heteroatoms. The van der Waals surface area contributed by atoms with Crippen molar-refractivity contribution < 1.29 is 9.53 Å². The SMILES string of the molecule is CNCCC(=O)N(Cc1ccccc1OC)C1CC1.Cl. The third-order valence-electron chi connectivity index (χ3n) is 3.43. The fraction of sp³-hybridized carbons (Fsp3) is 0.533. The highest BCUT2D eigenvalue weighted by Gasteiger charge is 2.32. The summed E-state index contributed by atoms with van der Waals surface area (Å²) >= 11 is 0. The van der Waals surface area contributed by atoms with Crippen LogP contribution in [0.3, 0.4) is 0 Å². The molecule has 1 aliphatic carbocycles. The number of ether oxygens (including phenoxy) is 1. The minimum Gasteiger partial charge on any atom is -0.496 e. The number of hydrogen-bond donors (Lipinski definition) is 1. The summed E-state index contributed by atoms with van der Waals surface area (Å²) in [5.74, 6) is 1.08. The number of amides is 1. The first-order chi connectivity index (χ1) is 9.26. The second-order valence-corrected chi connectivity index (χ2v) is 4.92. The van der Waals surface area contributed by atoms with E-state index >= 15 is 0 Å². The van der Waals surface area contributed by atoms with Crippen LogP contribution < -0.4 is 10.1 Å². The number of rotatable bonds is 7. The summed E-state index contributed by atoms with van der Waals surface area (Å²) < 4.78 is 5.36. The summed E-state index contributed by atoms with van der Waals surface area (Å²) in [4.78, 5) is 14.2. The fourth-order valence-electron chi connectivity index (χ4n) is 2.20. The van der Waals surface area contributed by atoms with Crippen LogP contribution in [0.15, 0.2) is 24.3 Å². The maximum absolute atomic E-state index is 12.2. The van der Waals surface area contributed by atoms with Gasteiger partial charge in [0.1, 0.15) is 5.75 Å². The molecule has 0 atom stereocenters. The van der Waals surface area contributed by atoms with Crippen LogP contribution in [0.25, 0.3) is 0 Å². The Morgan fingerprint density at radius 1 is 1.40 bits per heavy atom. The van der Waals surface area contributed by atoms with E-state index in [1.807, 2.05) is 36.2 Å². The van der Waals surface area contributed by atoms with Gasteiger partial charge in [0.25, 0.3) is 0 Å². The Kier molecular flexibility index (Phi) is 6.82. The molecular formula is C15H23ClN2O2. The van der Waals surface area contributed by atoms with E-state index in [1.165, 1.54) is 0 Å². The molecule has 0 unspecified atom stereocenters. The lowest BCUT2D eigenvalue weighted by Crippen LogP contribution is -2.34. The summed E-state index contributed by atoms with van der Waals surface area (Å²) in [5, 5.41) is 3.03. The van der Waals surface area contributed by atoms with Crippen molar-refractivity contribution in [3.63, 3.8) is 0 Å². The van der Waals surface area contributed by atoms with Gasteiger partial charge in [-0.1, -0.05) is 18.2 Å². The second-order valence-electron chi connectivity index (χ2n) is 4.92. The highest BCUT2D eigenvalue weighted by atomic mass is 35.5. The number of carbonyl (C=O) groups excluding carboxylic acids is 1. The van der Waals surface area contributed by atoms with Gasteiger partial charge < -0.3 is 15.0 Å². The van der Waals surface area contributed by atoms with Gasteiger partial charge in [-0.2, -0.15) is 0 Å². The first-order valence-corrected chi connectivity index (χ1v) is 6.82. The van der Waals surface area contributed by atoms with E-state index in [2.05, 4.69) is 5.32 Å². The van der Waals surface area contributed by atoms with Crippen molar-refractivity contribution >= 4 is 18.3 Å². The summed E-state index contributed by atoms with van der Waals surface area (Å²) in [6.45, 7) is 1.38. The topological polar surface area (TPSA) is 41.6 Å². The Labute approximate surface area is 126 Å². The number of nitrogens with zero attached hydrogens (tertiary/aromatic N) is 1. The average molecular weight is 299 g/mol. The van der Waals surface area contributed by atoms with Crippen LogP contribution in [0.4, 0.5) is 0 Å². The molecule has 0 radical (unpaired) electrons. The van der Waals surface area contributed by atoms with Crippen LogP contribution in [-0.2, 0) is 11.3 Å². The predicted octanol–water partition coefficient (Wildman–Crippen LogP) is 2.22. The van der Waals surface area contributed by atoms with Crippen molar-refractivity contribution in [2.24, 2.45) is 0 Å². The zero-order valence-corrected chi connectivity index (χ0v) is 12.9. The van der Waals surface area contributed by atoms with Crippen molar-refractivity contribution in [2.75, 3.05) is 20.7 Å². The zero-order chi connectivity index (χ0) is 13.7. The molecule has 4 nitrogen and oxygen atoms in total. The van der Waals surface area contributed by atoms with Crippen LogP contribution >= 0.6 is 12.4 Å². The number of methoxy groups -OCH3 is 1. The van der Waals surface area contributed by atoms with E-state index in [9.17, 15) is 4.79 Å². The predicted molar refractivity (Wildman–Crippen MR) is 82.4 cm³/mol. The first-order valence-electron chi connectivity index (χ1n) is 6.82. The lowest BCUT2D eigenvalue weighted by Gasteiger charge is -2.23. The smallest absolute Gasteiger partial charge is 0.224 e. The second kappa shape index (κ2) is 8.12. The van der Waals surface area contributed by atoms with Gasteiger partial charge in [-0.25, -0.2) is 0 Å². The van der Waals surface area contributed by atoms with Crippen LogP contribution in [0.2, 0.25) is 0 Å². The fourth-order valence-corrected chi connectivity index (χ4v) is 2.20. The Bertz CT molecular complexity index is 436. The minimum atomic E-state index is 0. The monoisotopic (exact) mass is 298 g/mol. The Morgan fingerprint density at radius 3 is 2.70 bits per heavy atom. The zero-order valence-electron chi connectivity index (χ0n) is 12.1. The van der Waals surface area contributed by atoms with Crippen LogP contribution in [0.1, 0.15) is 24.8 Å². The van der Waals surface area contributed by atoms with Gasteiger partial charge in [0.15, 0.2) is 0 Å². The molecule has 0 aliphatic heterocycles. The lowest BCUT2D eigenvalue weighted by molar-refractivity contribution is -0.132. The number of hydrogen-bond acceptors (Lipinski definition) is 3. The molecule has 112 valence electrons. The molecule has 1 aromatic rings. The Hall–Kier alpha value is -1.26. The number of para-hydroxylation sites is 1. The third-order valence-corrected chi connectivity index (χ3v) is 3.43. The molecule has 0 bridgehead atoms. The molecule has 1 saturated carbocycles. The molecule has 1 aromatic carbocycles. The lowest BCUT2D eigenvalue weighted by atomic mass is 10.1. The molecule has 1 fully saturated rings. The Morgan fingerprint density at radius 2 is 2.10 bits per heavy atom. The first kappa shape index (κ1) is 16.8. The third kappa shape index (κ3) is 4.39. The van der Waals surface area contributed by atoms with Crippen LogP contribution in [-0.4, -0.2) is 37.6 Å². The maximum atomic E-state index is 12.2. The van der Waals surface area contributed by atoms with Gasteiger partial charge in [-0.05, 0) is 26.0 Å². The molecule has 0 heterocycles. The van der Waals surface area contributed by atoms with Gasteiger partial charge in [0, 0.05) is 31.1 Å².